The molecule has 0 saturated carbocycles. The minimum Gasteiger partial charge on any atom is -0.495 e. The third-order valence-electron chi connectivity index (χ3n) is 4.90. The predicted octanol–water partition coefficient (Wildman–Crippen LogP) is 3.07. The van der Waals surface area contributed by atoms with E-state index in [1.807, 2.05) is 24.4 Å². The second-order valence-corrected chi connectivity index (χ2v) is 6.99. The fraction of sp³-hybridized carbons (Fsp3) is 0.368. The van der Waals surface area contributed by atoms with Crippen molar-refractivity contribution < 1.29 is 4.74 Å². The van der Waals surface area contributed by atoms with Crippen LogP contribution in [-0.4, -0.2) is 47.2 Å². The zero-order valence-corrected chi connectivity index (χ0v) is 14.9. The second-order valence-electron chi connectivity index (χ2n) is 6.99. The number of nitrogens with one attached hydrogen (secondary N) is 1. The highest BCUT2D eigenvalue weighted by Crippen LogP contribution is 2.36. The quantitative estimate of drug-likeness (QED) is 0.796. The first-order valence-corrected chi connectivity index (χ1v) is 8.54. The van der Waals surface area contributed by atoms with Crippen molar-refractivity contribution in [3.05, 3.63) is 42.9 Å². The summed E-state index contributed by atoms with van der Waals surface area (Å²) in [5, 5.41) is 0. The molecule has 0 amide bonds. The van der Waals surface area contributed by atoms with Crippen LogP contribution in [-0.2, 0) is 0 Å². The normalized spacial score (nSPS) is 17.1. The first-order valence-electron chi connectivity index (χ1n) is 8.54. The van der Waals surface area contributed by atoms with Gasteiger partial charge in [0, 0.05) is 25.8 Å². The molecular formula is C19H23N5O. The maximum absolute atomic E-state index is 5.57. The number of nitrogens with zero attached hydrogens (tertiary/aromatic N) is 4. The smallest absolute Gasteiger partial charge is 0.156 e. The lowest BCUT2D eigenvalue weighted by atomic mass is 9.97. The molecule has 0 atom stereocenters. The molecule has 130 valence electrons. The summed E-state index contributed by atoms with van der Waals surface area (Å²) in [5.41, 5.74) is 3.04. The van der Waals surface area contributed by atoms with E-state index in [4.69, 9.17) is 4.74 Å². The number of anilines is 2. The number of aromatic nitrogens is 3. The molecule has 0 radical (unpaired) electrons. The molecule has 1 aliphatic rings. The van der Waals surface area contributed by atoms with Crippen LogP contribution in [0.1, 0.15) is 13.8 Å². The largest absolute Gasteiger partial charge is 0.495 e. The molecule has 4 rings (SSSR count). The van der Waals surface area contributed by atoms with Gasteiger partial charge in [-0.15, -0.1) is 0 Å². The van der Waals surface area contributed by atoms with E-state index in [2.05, 4.69) is 50.7 Å². The molecule has 3 aromatic rings. The fourth-order valence-electron chi connectivity index (χ4n) is 3.73. The lowest BCUT2D eigenvalue weighted by Gasteiger charge is -2.49. The van der Waals surface area contributed by atoms with Gasteiger partial charge in [-0.1, -0.05) is 12.1 Å². The van der Waals surface area contributed by atoms with Crippen LogP contribution in [0.4, 0.5) is 11.5 Å². The lowest BCUT2D eigenvalue weighted by Crippen LogP contribution is -2.60. The molecule has 0 aliphatic carbocycles. The Labute approximate surface area is 147 Å². The summed E-state index contributed by atoms with van der Waals surface area (Å²) in [4.78, 5) is 16.9. The minimum atomic E-state index is -0.0588. The van der Waals surface area contributed by atoms with Crippen molar-refractivity contribution in [2.24, 2.45) is 0 Å². The van der Waals surface area contributed by atoms with Crippen LogP contribution in [0.5, 0.6) is 5.75 Å². The zero-order chi connectivity index (χ0) is 17.4. The highest BCUT2D eigenvalue weighted by molar-refractivity contribution is 5.86. The Morgan fingerprint density at radius 2 is 1.96 bits per heavy atom. The van der Waals surface area contributed by atoms with Crippen molar-refractivity contribution >= 4 is 22.5 Å². The Balaban J connectivity index is 1.65. The van der Waals surface area contributed by atoms with Gasteiger partial charge in [-0.05, 0) is 32.0 Å². The Bertz CT molecular complexity index is 888. The summed E-state index contributed by atoms with van der Waals surface area (Å²) in [5.74, 6) is 1.89. The van der Waals surface area contributed by atoms with Gasteiger partial charge in [0.2, 0.25) is 0 Å². The standard InChI is InChI=1S/C19H23N5O/c1-19(2)12-23(18-17-14(8-9-20-17)21-13-22-18)10-11-24(19)15-6-4-5-7-16(15)25-3/h4-9,13,20H,10-12H2,1-3H3. The van der Waals surface area contributed by atoms with Gasteiger partial charge in [-0.25, -0.2) is 9.97 Å². The molecule has 3 heterocycles. The SMILES string of the molecule is COc1ccccc1N1CCN(c2ncnc3cc[nH]c23)CC1(C)C. The number of para-hydroxylation sites is 2. The van der Waals surface area contributed by atoms with Crippen LogP contribution in [0.15, 0.2) is 42.9 Å². The van der Waals surface area contributed by atoms with Gasteiger partial charge in [0.05, 0.1) is 23.9 Å². The van der Waals surface area contributed by atoms with Gasteiger partial charge < -0.3 is 19.5 Å². The molecule has 25 heavy (non-hydrogen) atoms. The van der Waals surface area contributed by atoms with Crippen LogP contribution >= 0.6 is 0 Å². The number of piperazine rings is 1. The first kappa shape index (κ1) is 15.7. The van der Waals surface area contributed by atoms with Crippen molar-refractivity contribution in [1.29, 1.82) is 0 Å². The maximum Gasteiger partial charge on any atom is 0.156 e. The molecule has 2 aromatic heterocycles. The van der Waals surface area contributed by atoms with Crippen LogP contribution in [0.2, 0.25) is 0 Å². The van der Waals surface area contributed by atoms with Crippen LogP contribution in [0.3, 0.4) is 0 Å². The van der Waals surface area contributed by atoms with Crippen LogP contribution < -0.4 is 14.5 Å². The Morgan fingerprint density at radius 1 is 1.12 bits per heavy atom. The molecule has 0 bridgehead atoms. The van der Waals surface area contributed by atoms with Crippen LogP contribution in [0.25, 0.3) is 11.0 Å². The molecule has 1 saturated heterocycles. The molecule has 6 nitrogen and oxygen atoms in total. The van der Waals surface area contributed by atoms with Gasteiger partial charge in [0.25, 0.3) is 0 Å². The minimum absolute atomic E-state index is 0.0588. The summed E-state index contributed by atoms with van der Waals surface area (Å²) < 4.78 is 5.57. The number of aromatic amines is 1. The highest BCUT2D eigenvalue weighted by Gasteiger charge is 2.36. The number of H-pyrrole nitrogens is 1. The Hall–Kier alpha value is -2.76. The number of fused-ring (bicyclic) bond motifs is 1. The van der Waals surface area contributed by atoms with Crippen molar-refractivity contribution in [2.75, 3.05) is 36.5 Å². The van der Waals surface area contributed by atoms with Gasteiger partial charge >= 0.3 is 0 Å². The molecule has 0 spiro atoms. The molecule has 1 aromatic carbocycles. The molecule has 1 N–H and O–H groups in total. The summed E-state index contributed by atoms with van der Waals surface area (Å²) in [7, 11) is 1.73. The van der Waals surface area contributed by atoms with E-state index in [1.165, 1.54) is 0 Å². The third kappa shape index (κ3) is 2.67. The topological polar surface area (TPSA) is 57.3 Å². The fourth-order valence-corrected chi connectivity index (χ4v) is 3.73. The first-order chi connectivity index (χ1) is 12.1. The van der Waals surface area contributed by atoms with Gasteiger partial charge in [0.15, 0.2) is 5.82 Å². The van der Waals surface area contributed by atoms with Crippen molar-refractivity contribution in [3.8, 4) is 5.75 Å². The summed E-state index contributed by atoms with van der Waals surface area (Å²) in [6.45, 7) is 7.19. The van der Waals surface area contributed by atoms with Crippen molar-refractivity contribution in [2.45, 2.75) is 19.4 Å². The summed E-state index contributed by atoms with van der Waals surface area (Å²) in [6, 6.07) is 10.2. The number of hydrogen-bond donors (Lipinski definition) is 1. The van der Waals surface area contributed by atoms with Gasteiger partial charge in [-0.2, -0.15) is 0 Å². The van der Waals surface area contributed by atoms with E-state index in [0.29, 0.717) is 0 Å². The maximum atomic E-state index is 5.57. The van der Waals surface area contributed by atoms with Gasteiger partial charge in [-0.3, -0.25) is 0 Å². The Morgan fingerprint density at radius 3 is 2.76 bits per heavy atom. The van der Waals surface area contributed by atoms with Gasteiger partial charge in [0.1, 0.15) is 17.6 Å². The molecule has 1 aliphatic heterocycles. The Kier molecular flexibility index (Phi) is 3.75. The second kappa shape index (κ2) is 5.95. The van der Waals surface area contributed by atoms with E-state index in [1.54, 1.807) is 13.4 Å². The average molecular weight is 337 g/mol. The third-order valence-corrected chi connectivity index (χ3v) is 4.90. The predicted molar refractivity (Wildman–Crippen MR) is 101 cm³/mol. The monoisotopic (exact) mass is 337 g/mol. The zero-order valence-electron chi connectivity index (χ0n) is 14.9. The highest BCUT2D eigenvalue weighted by atomic mass is 16.5. The van der Waals surface area contributed by atoms with E-state index in [0.717, 1.165) is 47.9 Å². The lowest BCUT2D eigenvalue weighted by molar-refractivity contribution is 0.388. The van der Waals surface area contributed by atoms with E-state index in [9.17, 15) is 0 Å². The summed E-state index contributed by atoms with van der Waals surface area (Å²) in [6.07, 6.45) is 3.56. The molecule has 6 heteroatoms. The molecule has 1 fully saturated rings. The van der Waals surface area contributed by atoms with E-state index >= 15 is 0 Å². The summed E-state index contributed by atoms with van der Waals surface area (Å²) >= 11 is 0. The van der Waals surface area contributed by atoms with Crippen molar-refractivity contribution in [1.82, 2.24) is 15.0 Å². The number of benzene rings is 1. The van der Waals surface area contributed by atoms with E-state index < -0.39 is 0 Å². The van der Waals surface area contributed by atoms with Crippen LogP contribution in [0, 0.1) is 0 Å². The number of hydrogen-bond acceptors (Lipinski definition) is 5. The number of ether oxygens (including phenoxy) is 1. The number of rotatable bonds is 3. The van der Waals surface area contributed by atoms with Crippen molar-refractivity contribution in [3.63, 3.8) is 0 Å². The molecule has 0 unspecified atom stereocenters. The number of methoxy groups -OCH3 is 1. The average Bonchev–Trinajstić information content (AvgIpc) is 3.09. The van der Waals surface area contributed by atoms with E-state index in [-0.39, 0.29) is 5.54 Å². The molecular weight excluding hydrogens is 314 g/mol.